The van der Waals surface area contributed by atoms with Crippen molar-refractivity contribution >= 4 is 5.91 Å². The van der Waals surface area contributed by atoms with Gasteiger partial charge in [0.25, 0.3) is 0 Å². The third-order valence-corrected chi connectivity index (χ3v) is 3.51. The van der Waals surface area contributed by atoms with E-state index in [4.69, 9.17) is 9.47 Å². The van der Waals surface area contributed by atoms with E-state index in [1.807, 2.05) is 18.2 Å². The van der Waals surface area contributed by atoms with Gasteiger partial charge in [-0.25, -0.2) is 0 Å². The zero-order valence-electron chi connectivity index (χ0n) is 12.8. The SMILES string of the molecule is COc1ccc(CCNCCC(=O)NC2CC2)cc1OC. The molecule has 1 saturated carbocycles. The van der Waals surface area contributed by atoms with Crippen molar-refractivity contribution in [1.29, 1.82) is 0 Å². The molecule has 0 saturated heterocycles. The molecular weight excluding hydrogens is 268 g/mol. The first-order valence-corrected chi connectivity index (χ1v) is 7.44. The number of hydrogen-bond acceptors (Lipinski definition) is 4. The summed E-state index contributed by atoms with van der Waals surface area (Å²) in [5, 5.41) is 6.27. The molecule has 5 nitrogen and oxygen atoms in total. The van der Waals surface area contributed by atoms with Gasteiger partial charge in [-0.2, -0.15) is 0 Å². The Labute approximate surface area is 126 Å². The fourth-order valence-corrected chi connectivity index (χ4v) is 2.12. The summed E-state index contributed by atoms with van der Waals surface area (Å²) >= 11 is 0. The molecule has 1 aliphatic carbocycles. The Morgan fingerprint density at radius 2 is 1.95 bits per heavy atom. The van der Waals surface area contributed by atoms with Gasteiger partial charge in [0.15, 0.2) is 11.5 Å². The molecule has 1 fully saturated rings. The van der Waals surface area contributed by atoms with Gasteiger partial charge in [-0.3, -0.25) is 4.79 Å². The van der Waals surface area contributed by atoms with Crippen molar-refractivity contribution in [3.05, 3.63) is 23.8 Å². The Bertz CT molecular complexity index is 473. The molecule has 1 aromatic rings. The summed E-state index contributed by atoms with van der Waals surface area (Å²) < 4.78 is 10.5. The van der Waals surface area contributed by atoms with Gasteiger partial charge in [-0.05, 0) is 43.5 Å². The molecule has 2 N–H and O–H groups in total. The number of carbonyl (C=O) groups excluding carboxylic acids is 1. The molecule has 0 spiro atoms. The number of benzene rings is 1. The molecule has 0 bridgehead atoms. The third kappa shape index (κ3) is 5.27. The van der Waals surface area contributed by atoms with Crippen LogP contribution in [0.3, 0.4) is 0 Å². The van der Waals surface area contributed by atoms with E-state index >= 15 is 0 Å². The fourth-order valence-electron chi connectivity index (χ4n) is 2.12. The zero-order chi connectivity index (χ0) is 15.1. The lowest BCUT2D eigenvalue weighted by Gasteiger charge is -2.10. The second-order valence-corrected chi connectivity index (χ2v) is 5.28. The van der Waals surface area contributed by atoms with Crippen molar-refractivity contribution in [3.63, 3.8) is 0 Å². The van der Waals surface area contributed by atoms with Crippen molar-refractivity contribution in [1.82, 2.24) is 10.6 Å². The highest BCUT2D eigenvalue weighted by Gasteiger charge is 2.22. The number of ether oxygens (including phenoxy) is 2. The smallest absolute Gasteiger partial charge is 0.221 e. The van der Waals surface area contributed by atoms with E-state index in [2.05, 4.69) is 10.6 Å². The molecule has 1 amide bonds. The maximum atomic E-state index is 11.5. The van der Waals surface area contributed by atoms with Gasteiger partial charge in [-0.15, -0.1) is 0 Å². The van der Waals surface area contributed by atoms with Crippen molar-refractivity contribution < 1.29 is 14.3 Å². The third-order valence-electron chi connectivity index (χ3n) is 3.51. The maximum Gasteiger partial charge on any atom is 0.221 e. The normalized spacial score (nSPS) is 13.8. The summed E-state index contributed by atoms with van der Waals surface area (Å²) in [5.41, 5.74) is 1.18. The van der Waals surface area contributed by atoms with E-state index in [0.717, 1.165) is 37.3 Å². The molecule has 2 rings (SSSR count). The first-order valence-electron chi connectivity index (χ1n) is 7.44. The Kier molecular flexibility index (Phi) is 5.87. The van der Waals surface area contributed by atoms with Crippen LogP contribution in [-0.4, -0.2) is 39.3 Å². The highest BCUT2D eigenvalue weighted by atomic mass is 16.5. The largest absolute Gasteiger partial charge is 0.493 e. The van der Waals surface area contributed by atoms with Crippen LogP contribution in [0.5, 0.6) is 11.5 Å². The van der Waals surface area contributed by atoms with Crippen LogP contribution in [0.2, 0.25) is 0 Å². The van der Waals surface area contributed by atoms with Crippen molar-refractivity contribution in [3.8, 4) is 11.5 Å². The molecule has 1 aliphatic rings. The Morgan fingerprint density at radius 1 is 1.19 bits per heavy atom. The first-order chi connectivity index (χ1) is 10.2. The molecule has 21 heavy (non-hydrogen) atoms. The first kappa shape index (κ1) is 15.6. The van der Waals surface area contributed by atoms with E-state index in [1.54, 1.807) is 14.2 Å². The number of hydrogen-bond donors (Lipinski definition) is 2. The van der Waals surface area contributed by atoms with Crippen LogP contribution in [0.1, 0.15) is 24.8 Å². The predicted octanol–water partition coefficient (Wildman–Crippen LogP) is 1.50. The summed E-state index contributed by atoms with van der Waals surface area (Å²) in [5.74, 6) is 1.64. The monoisotopic (exact) mass is 292 g/mol. The van der Waals surface area contributed by atoms with Crippen LogP contribution in [0.25, 0.3) is 0 Å². The molecule has 0 aliphatic heterocycles. The molecular formula is C16H24N2O3. The lowest BCUT2D eigenvalue weighted by atomic mass is 10.1. The van der Waals surface area contributed by atoms with Crippen LogP contribution in [-0.2, 0) is 11.2 Å². The molecule has 5 heteroatoms. The highest BCUT2D eigenvalue weighted by Crippen LogP contribution is 2.27. The van der Waals surface area contributed by atoms with Crippen LogP contribution >= 0.6 is 0 Å². The van der Waals surface area contributed by atoms with Crippen LogP contribution in [0, 0.1) is 0 Å². The van der Waals surface area contributed by atoms with Gasteiger partial charge in [0.05, 0.1) is 14.2 Å². The minimum Gasteiger partial charge on any atom is -0.493 e. The molecule has 116 valence electrons. The standard InChI is InChI=1S/C16H24N2O3/c1-20-14-6-3-12(11-15(14)21-2)7-9-17-10-8-16(19)18-13-4-5-13/h3,6,11,13,17H,4-5,7-10H2,1-2H3,(H,18,19). The summed E-state index contributed by atoms with van der Waals surface area (Å²) in [7, 11) is 3.27. The van der Waals surface area contributed by atoms with E-state index in [0.29, 0.717) is 19.0 Å². The second-order valence-electron chi connectivity index (χ2n) is 5.28. The number of amides is 1. The summed E-state index contributed by atoms with van der Waals surface area (Å²) in [6, 6.07) is 6.38. The van der Waals surface area contributed by atoms with Crippen LogP contribution in [0.15, 0.2) is 18.2 Å². The van der Waals surface area contributed by atoms with E-state index in [-0.39, 0.29) is 5.91 Å². The fraction of sp³-hybridized carbons (Fsp3) is 0.562. The van der Waals surface area contributed by atoms with Gasteiger partial charge < -0.3 is 20.1 Å². The van der Waals surface area contributed by atoms with Gasteiger partial charge in [0.2, 0.25) is 5.91 Å². The number of nitrogens with one attached hydrogen (secondary N) is 2. The number of rotatable bonds is 9. The van der Waals surface area contributed by atoms with Gasteiger partial charge in [0, 0.05) is 19.0 Å². The molecule has 1 aromatic carbocycles. The lowest BCUT2D eigenvalue weighted by molar-refractivity contribution is -0.121. The highest BCUT2D eigenvalue weighted by molar-refractivity contribution is 5.76. The zero-order valence-corrected chi connectivity index (χ0v) is 12.8. The Hall–Kier alpha value is -1.75. The van der Waals surface area contributed by atoms with Gasteiger partial charge in [-0.1, -0.05) is 6.07 Å². The Balaban J connectivity index is 1.64. The summed E-state index contributed by atoms with van der Waals surface area (Å²) in [6.07, 6.45) is 3.71. The molecule has 0 aromatic heterocycles. The van der Waals surface area contributed by atoms with E-state index in [9.17, 15) is 4.79 Å². The van der Waals surface area contributed by atoms with Crippen LogP contribution < -0.4 is 20.1 Å². The minimum atomic E-state index is 0.149. The van der Waals surface area contributed by atoms with Gasteiger partial charge in [0.1, 0.15) is 0 Å². The predicted molar refractivity (Wildman–Crippen MR) is 81.9 cm³/mol. The summed E-state index contributed by atoms with van der Waals surface area (Å²) in [4.78, 5) is 11.5. The van der Waals surface area contributed by atoms with E-state index < -0.39 is 0 Å². The minimum absolute atomic E-state index is 0.149. The molecule has 0 unspecified atom stereocenters. The topological polar surface area (TPSA) is 59.6 Å². The number of methoxy groups -OCH3 is 2. The number of carbonyl (C=O) groups is 1. The quantitative estimate of drug-likeness (QED) is 0.677. The maximum absolute atomic E-state index is 11.5. The average Bonchev–Trinajstić information content (AvgIpc) is 3.30. The Morgan fingerprint density at radius 3 is 2.62 bits per heavy atom. The molecule has 0 radical (unpaired) electrons. The van der Waals surface area contributed by atoms with Crippen molar-refractivity contribution in [2.24, 2.45) is 0 Å². The molecule has 0 atom stereocenters. The summed E-state index contributed by atoms with van der Waals surface area (Å²) in [6.45, 7) is 1.55. The van der Waals surface area contributed by atoms with E-state index in [1.165, 1.54) is 5.56 Å². The van der Waals surface area contributed by atoms with Crippen LogP contribution in [0.4, 0.5) is 0 Å². The second kappa shape index (κ2) is 7.88. The van der Waals surface area contributed by atoms with Crippen molar-refractivity contribution in [2.75, 3.05) is 27.3 Å². The van der Waals surface area contributed by atoms with Gasteiger partial charge >= 0.3 is 0 Å². The molecule has 0 heterocycles. The lowest BCUT2D eigenvalue weighted by Crippen LogP contribution is -2.29. The average molecular weight is 292 g/mol. The van der Waals surface area contributed by atoms with Crippen molar-refractivity contribution in [2.45, 2.75) is 31.7 Å².